The fourth-order valence-electron chi connectivity index (χ4n) is 3.77. The highest BCUT2D eigenvalue weighted by atomic mass is 19.1. The second-order valence-electron chi connectivity index (χ2n) is 7.16. The first-order valence-corrected chi connectivity index (χ1v) is 9.73. The fraction of sp³-hybridized carbons (Fsp3) is 0.304. The standard InChI is InChI=1S/C23H23FN2O2/c24-20-9-5-4-8-19(20)21-16-25-22(28-21)10-11-23(27)26-14-12-18(13-15-26)17-6-2-1-3-7-17/h1-9,16,18H,10-15H2. The molecule has 2 heterocycles. The maximum absolute atomic E-state index is 13.8. The van der Waals surface area contributed by atoms with Crippen molar-refractivity contribution in [1.82, 2.24) is 9.88 Å². The number of rotatable bonds is 5. The number of piperidine rings is 1. The molecule has 0 unspecified atom stereocenters. The van der Waals surface area contributed by atoms with Gasteiger partial charge >= 0.3 is 0 Å². The lowest BCUT2D eigenvalue weighted by molar-refractivity contribution is -0.132. The highest BCUT2D eigenvalue weighted by Crippen LogP contribution is 2.28. The molecule has 1 saturated heterocycles. The second-order valence-corrected chi connectivity index (χ2v) is 7.16. The molecule has 1 fully saturated rings. The fourth-order valence-corrected chi connectivity index (χ4v) is 3.77. The lowest BCUT2D eigenvalue weighted by Gasteiger charge is -2.32. The highest BCUT2D eigenvalue weighted by Gasteiger charge is 2.23. The number of halogens is 1. The zero-order valence-corrected chi connectivity index (χ0v) is 15.7. The van der Waals surface area contributed by atoms with Gasteiger partial charge in [-0.05, 0) is 36.5 Å². The predicted octanol–water partition coefficient (Wildman–Crippen LogP) is 4.82. The number of likely N-dealkylation sites (tertiary alicyclic amines) is 1. The lowest BCUT2D eigenvalue weighted by Crippen LogP contribution is -2.38. The predicted molar refractivity (Wildman–Crippen MR) is 105 cm³/mol. The van der Waals surface area contributed by atoms with Gasteiger partial charge in [-0.1, -0.05) is 42.5 Å². The quantitative estimate of drug-likeness (QED) is 0.639. The molecule has 0 radical (unpaired) electrons. The van der Waals surface area contributed by atoms with Crippen molar-refractivity contribution in [3.05, 3.63) is 78.1 Å². The van der Waals surface area contributed by atoms with E-state index in [2.05, 4.69) is 29.2 Å². The Kier molecular flexibility index (Phi) is 5.51. The number of nitrogens with zero attached hydrogens (tertiary/aromatic N) is 2. The van der Waals surface area contributed by atoms with Crippen LogP contribution in [-0.4, -0.2) is 28.9 Å². The Labute approximate surface area is 164 Å². The average Bonchev–Trinajstić information content (AvgIpc) is 3.22. The van der Waals surface area contributed by atoms with Gasteiger partial charge in [-0.2, -0.15) is 0 Å². The van der Waals surface area contributed by atoms with Gasteiger partial charge < -0.3 is 9.32 Å². The normalized spacial score (nSPS) is 15.0. The second kappa shape index (κ2) is 8.38. The number of oxazole rings is 1. The van der Waals surface area contributed by atoms with Crippen molar-refractivity contribution >= 4 is 5.91 Å². The molecule has 0 saturated carbocycles. The number of carbonyl (C=O) groups is 1. The molecule has 1 amide bonds. The summed E-state index contributed by atoms with van der Waals surface area (Å²) in [4.78, 5) is 18.7. The number of aryl methyl sites for hydroxylation is 1. The van der Waals surface area contributed by atoms with Crippen LogP contribution in [0.2, 0.25) is 0 Å². The summed E-state index contributed by atoms with van der Waals surface area (Å²) in [6, 6.07) is 16.9. The minimum absolute atomic E-state index is 0.122. The van der Waals surface area contributed by atoms with Crippen LogP contribution in [0, 0.1) is 5.82 Å². The van der Waals surface area contributed by atoms with Crippen LogP contribution in [0.3, 0.4) is 0 Å². The molecule has 0 aliphatic carbocycles. The summed E-state index contributed by atoms with van der Waals surface area (Å²) in [6.07, 6.45) is 4.28. The van der Waals surface area contributed by atoms with Crippen LogP contribution in [0.4, 0.5) is 4.39 Å². The van der Waals surface area contributed by atoms with E-state index in [4.69, 9.17) is 4.42 Å². The molecule has 2 aromatic carbocycles. The molecular weight excluding hydrogens is 355 g/mol. The third kappa shape index (κ3) is 4.14. The molecule has 28 heavy (non-hydrogen) atoms. The van der Waals surface area contributed by atoms with Crippen molar-refractivity contribution in [3.63, 3.8) is 0 Å². The van der Waals surface area contributed by atoms with Gasteiger partial charge in [0, 0.05) is 25.9 Å². The maximum Gasteiger partial charge on any atom is 0.223 e. The van der Waals surface area contributed by atoms with Gasteiger partial charge in [0.05, 0.1) is 11.8 Å². The summed E-state index contributed by atoms with van der Waals surface area (Å²) in [6.45, 7) is 1.56. The van der Waals surface area contributed by atoms with Gasteiger partial charge in [0.2, 0.25) is 5.91 Å². The zero-order valence-electron chi connectivity index (χ0n) is 15.7. The monoisotopic (exact) mass is 378 g/mol. The van der Waals surface area contributed by atoms with E-state index in [1.807, 2.05) is 11.0 Å². The molecule has 3 aromatic rings. The number of benzene rings is 2. The van der Waals surface area contributed by atoms with Crippen molar-refractivity contribution in [3.8, 4) is 11.3 Å². The Hall–Kier alpha value is -2.95. The molecule has 0 atom stereocenters. The largest absolute Gasteiger partial charge is 0.441 e. The highest BCUT2D eigenvalue weighted by molar-refractivity contribution is 5.76. The smallest absolute Gasteiger partial charge is 0.223 e. The summed E-state index contributed by atoms with van der Waals surface area (Å²) >= 11 is 0. The number of hydrogen-bond donors (Lipinski definition) is 0. The molecule has 0 spiro atoms. The van der Waals surface area contributed by atoms with Gasteiger partial charge in [0.15, 0.2) is 11.7 Å². The Morgan fingerprint density at radius 2 is 1.79 bits per heavy atom. The summed E-state index contributed by atoms with van der Waals surface area (Å²) in [5, 5.41) is 0. The first-order chi connectivity index (χ1) is 13.7. The molecule has 1 aromatic heterocycles. The van der Waals surface area contributed by atoms with E-state index in [0.717, 1.165) is 25.9 Å². The van der Waals surface area contributed by atoms with Crippen molar-refractivity contribution in [1.29, 1.82) is 0 Å². The summed E-state index contributed by atoms with van der Waals surface area (Å²) in [5.74, 6) is 1.16. The maximum atomic E-state index is 13.8. The Balaban J connectivity index is 1.29. The van der Waals surface area contributed by atoms with E-state index in [1.54, 1.807) is 18.2 Å². The van der Waals surface area contributed by atoms with Gasteiger partial charge in [0.1, 0.15) is 5.82 Å². The molecular formula is C23H23FN2O2. The van der Waals surface area contributed by atoms with E-state index >= 15 is 0 Å². The molecule has 1 aliphatic heterocycles. The van der Waals surface area contributed by atoms with E-state index < -0.39 is 0 Å². The number of amides is 1. The topological polar surface area (TPSA) is 46.3 Å². The first-order valence-electron chi connectivity index (χ1n) is 9.73. The minimum Gasteiger partial charge on any atom is -0.441 e. The Morgan fingerprint density at radius 3 is 2.54 bits per heavy atom. The van der Waals surface area contributed by atoms with Crippen molar-refractivity contribution in [2.45, 2.75) is 31.6 Å². The number of hydrogen-bond acceptors (Lipinski definition) is 3. The number of aromatic nitrogens is 1. The molecule has 0 N–H and O–H groups in total. The zero-order chi connectivity index (χ0) is 19.3. The summed E-state index contributed by atoms with van der Waals surface area (Å²) in [7, 11) is 0. The average molecular weight is 378 g/mol. The van der Waals surface area contributed by atoms with Crippen LogP contribution in [0.15, 0.2) is 65.2 Å². The van der Waals surface area contributed by atoms with Gasteiger partial charge in [-0.3, -0.25) is 4.79 Å². The lowest BCUT2D eigenvalue weighted by atomic mass is 9.89. The first kappa shape index (κ1) is 18.4. The van der Waals surface area contributed by atoms with Crippen LogP contribution in [0.1, 0.15) is 36.6 Å². The summed E-state index contributed by atoms with van der Waals surface area (Å²) in [5.41, 5.74) is 1.74. The van der Waals surface area contributed by atoms with Crippen LogP contribution < -0.4 is 0 Å². The Bertz CT molecular complexity index is 931. The molecule has 144 valence electrons. The van der Waals surface area contributed by atoms with E-state index in [0.29, 0.717) is 36.0 Å². The van der Waals surface area contributed by atoms with Crippen LogP contribution in [-0.2, 0) is 11.2 Å². The Morgan fingerprint density at radius 1 is 1.07 bits per heavy atom. The molecule has 4 nitrogen and oxygen atoms in total. The number of carbonyl (C=O) groups excluding carboxylic acids is 1. The third-order valence-electron chi connectivity index (χ3n) is 5.36. The van der Waals surface area contributed by atoms with Gasteiger partial charge in [0.25, 0.3) is 0 Å². The van der Waals surface area contributed by atoms with Crippen molar-refractivity contribution in [2.75, 3.05) is 13.1 Å². The van der Waals surface area contributed by atoms with Gasteiger partial charge in [-0.15, -0.1) is 0 Å². The minimum atomic E-state index is -0.345. The molecule has 0 bridgehead atoms. The molecule has 1 aliphatic rings. The van der Waals surface area contributed by atoms with Crippen molar-refractivity contribution in [2.24, 2.45) is 0 Å². The third-order valence-corrected chi connectivity index (χ3v) is 5.36. The molecule has 4 rings (SSSR count). The SMILES string of the molecule is O=C(CCc1ncc(-c2ccccc2F)o1)N1CCC(c2ccccc2)CC1. The van der Waals surface area contributed by atoms with Crippen LogP contribution in [0.25, 0.3) is 11.3 Å². The molecule has 5 heteroatoms. The van der Waals surface area contributed by atoms with Crippen molar-refractivity contribution < 1.29 is 13.6 Å². The van der Waals surface area contributed by atoms with Crippen LogP contribution in [0.5, 0.6) is 0 Å². The van der Waals surface area contributed by atoms with Crippen LogP contribution >= 0.6 is 0 Å². The van der Waals surface area contributed by atoms with Gasteiger partial charge in [-0.25, -0.2) is 9.37 Å². The van der Waals surface area contributed by atoms with E-state index in [1.165, 1.54) is 17.8 Å². The van der Waals surface area contributed by atoms with E-state index in [-0.39, 0.29) is 11.7 Å². The van der Waals surface area contributed by atoms with E-state index in [9.17, 15) is 9.18 Å². The summed E-state index contributed by atoms with van der Waals surface area (Å²) < 4.78 is 19.5.